The van der Waals surface area contributed by atoms with Crippen LogP contribution in [0.5, 0.6) is 0 Å². The average molecular weight is 254 g/mol. The summed E-state index contributed by atoms with van der Waals surface area (Å²) in [5, 5.41) is 13.1. The number of furan rings is 1. The van der Waals surface area contributed by atoms with E-state index >= 15 is 0 Å². The van der Waals surface area contributed by atoms with Crippen LogP contribution in [0.15, 0.2) is 16.5 Å². The van der Waals surface area contributed by atoms with Crippen molar-refractivity contribution in [1.82, 2.24) is 10.2 Å². The van der Waals surface area contributed by atoms with E-state index in [0.29, 0.717) is 19.0 Å². The van der Waals surface area contributed by atoms with Crippen LogP contribution in [-0.2, 0) is 6.54 Å². The van der Waals surface area contributed by atoms with Crippen LogP contribution in [0.2, 0.25) is 0 Å². The molecule has 18 heavy (non-hydrogen) atoms. The van der Waals surface area contributed by atoms with Crippen LogP contribution in [-0.4, -0.2) is 42.8 Å². The van der Waals surface area contributed by atoms with Crippen molar-refractivity contribution in [2.24, 2.45) is 5.92 Å². The second-order valence-electron chi connectivity index (χ2n) is 5.42. The predicted molar refractivity (Wildman–Crippen MR) is 73.5 cm³/mol. The van der Waals surface area contributed by atoms with Gasteiger partial charge in [-0.15, -0.1) is 0 Å². The first-order chi connectivity index (χ1) is 8.47. The lowest BCUT2D eigenvalue weighted by atomic mass is 10.2. The maximum atomic E-state index is 9.88. The molecule has 1 aromatic heterocycles. The van der Waals surface area contributed by atoms with Gasteiger partial charge in [-0.25, -0.2) is 0 Å². The molecule has 0 aromatic carbocycles. The van der Waals surface area contributed by atoms with E-state index in [-0.39, 0.29) is 6.10 Å². The van der Waals surface area contributed by atoms with E-state index in [1.54, 1.807) is 0 Å². The van der Waals surface area contributed by atoms with Crippen LogP contribution >= 0.6 is 0 Å². The Morgan fingerprint density at radius 2 is 2.06 bits per heavy atom. The average Bonchev–Trinajstić information content (AvgIpc) is 2.62. The fourth-order valence-corrected chi connectivity index (χ4v) is 1.86. The van der Waals surface area contributed by atoms with Crippen LogP contribution in [0.1, 0.15) is 25.4 Å². The molecule has 0 aliphatic carbocycles. The number of likely N-dealkylation sites (N-methyl/N-ethyl adjacent to an activating group) is 1. The molecule has 0 amide bonds. The molecule has 4 nitrogen and oxygen atoms in total. The molecule has 1 unspecified atom stereocenters. The summed E-state index contributed by atoms with van der Waals surface area (Å²) in [7, 11) is 1.99. The van der Waals surface area contributed by atoms with Gasteiger partial charge in [0, 0.05) is 13.1 Å². The molecule has 104 valence electrons. The van der Waals surface area contributed by atoms with Gasteiger partial charge in [0.05, 0.1) is 12.6 Å². The minimum absolute atomic E-state index is 0.343. The van der Waals surface area contributed by atoms with Gasteiger partial charge < -0.3 is 14.8 Å². The molecule has 1 aromatic rings. The molecule has 2 N–H and O–H groups in total. The van der Waals surface area contributed by atoms with Gasteiger partial charge >= 0.3 is 0 Å². The Labute approximate surface area is 110 Å². The van der Waals surface area contributed by atoms with E-state index in [2.05, 4.69) is 24.1 Å². The molecule has 0 saturated carbocycles. The highest BCUT2D eigenvalue weighted by molar-refractivity contribution is 5.05. The standard InChI is InChI=1S/C14H26N2O2/c1-11(2)7-15-8-13(17)9-16(4)10-14-6-5-12(3)18-14/h5-6,11,13,15,17H,7-10H2,1-4H3. The third-order valence-electron chi connectivity index (χ3n) is 2.68. The zero-order valence-electron chi connectivity index (χ0n) is 11.9. The number of rotatable bonds is 8. The quantitative estimate of drug-likeness (QED) is 0.740. The molecule has 0 bridgehead atoms. The molecule has 0 spiro atoms. The second kappa shape index (κ2) is 7.56. The molecule has 1 heterocycles. The third kappa shape index (κ3) is 6.19. The van der Waals surface area contributed by atoms with Gasteiger partial charge in [0.2, 0.25) is 0 Å². The molecule has 0 aliphatic heterocycles. The van der Waals surface area contributed by atoms with E-state index in [1.807, 2.05) is 26.1 Å². The summed E-state index contributed by atoms with van der Waals surface area (Å²) in [5.74, 6) is 2.48. The van der Waals surface area contributed by atoms with E-state index in [4.69, 9.17) is 4.42 Å². The molecule has 0 saturated heterocycles. The third-order valence-corrected chi connectivity index (χ3v) is 2.68. The topological polar surface area (TPSA) is 48.6 Å². The highest BCUT2D eigenvalue weighted by Crippen LogP contribution is 2.08. The van der Waals surface area contributed by atoms with Gasteiger partial charge in [-0.1, -0.05) is 13.8 Å². The SMILES string of the molecule is Cc1ccc(CN(C)CC(O)CNCC(C)C)o1. The first-order valence-corrected chi connectivity index (χ1v) is 6.60. The Morgan fingerprint density at radius 3 is 2.61 bits per heavy atom. The van der Waals surface area contributed by atoms with Crippen LogP contribution in [0.4, 0.5) is 0 Å². The van der Waals surface area contributed by atoms with E-state index in [0.717, 1.165) is 24.6 Å². The summed E-state index contributed by atoms with van der Waals surface area (Å²) in [6.07, 6.45) is -0.343. The first kappa shape index (κ1) is 15.2. The van der Waals surface area contributed by atoms with Crippen molar-refractivity contribution < 1.29 is 9.52 Å². The van der Waals surface area contributed by atoms with Crippen molar-refractivity contribution in [2.45, 2.75) is 33.4 Å². The van der Waals surface area contributed by atoms with Crippen LogP contribution in [0.25, 0.3) is 0 Å². The lowest BCUT2D eigenvalue weighted by Crippen LogP contribution is -2.37. The fraction of sp³-hybridized carbons (Fsp3) is 0.714. The molecule has 0 fully saturated rings. The van der Waals surface area contributed by atoms with Crippen LogP contribution in [0.3, 0.4) is 0 Å². The summed E-state index contributed by atoms with van der Waals surface area (Å²) in [6.45, 7) is 9.21. The lowest BCUT2D eigenvalue weighted by Gasteiger charge is -2.20. The molecule has 1 rings (SSSR count). The van der Waals surface area contributed by atoms with E-state index < -0.39 is 0 Å². The molecule has 4 heteroatoms. The number of aliphatic hydroxyl groups excluding tert-OH is 1. The van der Waals surface area contributed by atoms with Crippen molar-refractivity contribution in [3.8, 4) is 0 Å². The van der Waals surface area contributed by atoms with Gasteiger partial charge in [-0.3, -0.25) is 4.90 Å². The van der Waals surface area contributed by atoms with Gasteiger partial charge in [-0.2, -0.15) is 0 Å². The summed E-state index contributed by atoms with van der Waals surface area (Å²) in [5.41, 5.74) is 0. The normalized spacial score (nSPS) is 13.5. The van der Waals surface area contributed by atoms with E-state index in [9.17, 15) is 5.11 Å². The summed E-state index contributed by atoms with van der Waals surface area (Å²) >= 11 is 0. The monoisotopic (exact) mass is 254 g/mol. The first-order valence-electron chi connectivity index (χ1n) is 6.60. The van der Waals surface area contributed by atoms with Crippen molar-refractivity contribution >= 4 is 0 Å². The Kier molecular flexibility index (Phi) is 6.39. The number of nitrogens with zero attached hydrogens (tertiary/aromatic N) is 1. The molecule has 1 atom stereocenters. The summed E-state index contributed by atoms with van der Waals surface area (Å²) in [4.78, 5) is 2.07. The summed E-state index contributed by atoms with van der Waals surface area (Å²) < 4.78 is 5.51. The van der Waals surface area contributed by atoms with E-state index in [1.165, 1.54) is 0 Å². The Balaban J connectivity index is 2.20. The number of aliphatic hydroxyl groups is 1. The maximum absolute atomic E-state index is 9.88. The zero-order chi connectivity index (χ0) is 13.5. The smallest absolute Gasteiger partial charge is 0.118 e. The number of aryl methyl sites for hydroxylation is 1. The van der Waals surface area contributed by atoms with Gasteiger partial charge in [-0.05, 0) is 38.6 Å². The Bertz CT molecular complexity index is 336. The fourth-order valence-electron chi connectivity index (χ4n) is 1.86. The summed E-state index contributed by atoms with van der Waals surface area (Å²) in [6, 6.07) is 3.94. The minimum atomic E-state index is -0.343. The molecular weight excluding hydrogens is 228 g/mol. The van der Waals surface area contributed by atoms with Gasteiger partial charge in [0.1, 0.15) is 11.5 Å². The molecule has 0 aliphatic rings. The molecule has 0 radical (unpaired) electrons. The van der Waals surface area contributed by atoms with Crippen molar-refractivity contribution in [1.29, 1.82) is 0 Å². The molecular formula is C14H26N2O2. The van der Waals surface area contributed by atoms with Crippen LogP contribution < -0.4 is 5.32 Å². The number of nitrogens with one attached hydrogen (secondary N) is 1. The second-order valence-corrected chi connectivity index (χ2v) is 5.42. The Morgan fingerprint density at radius 1 is 1.33 bits per heavy atom. The maximum Gasteiger partial charge on any atom is 0.118 e. The predicted octanol–water partition coefficient (Wildman–Crippen LogP) is 1.63. The van der Waals surface area contributed by atoms with Crippen LogP contribution in [0, 0.1) is 12.8 Å². The Hall–Kier alpha value is -0.840. The zero-order valence-corrected chi connectivity index (χ0v) is 11.9. The largest absolute Gasteiger partial charge is 0.465 e. The van der Waals surface area contributed by atoms with Gasteiger partial charge in [0.25, 0.3) is 0 Å². The van der Waals surface area contributed by atoms with Gasteiger partial charge in [0.15, 0.2) is 0 Å². The van der Waals surface area contributed by atoms with Crippen molar-refractivity contribution in [3.63, 3.8) is 0 Å². The number of hydrogen-bond donors (Lipinski definition) is 2. The lowest BCUT2D eigenvalue weighted by molar-refractivity contribution is 0.117. The highest BCUT2D eigenvalue weighted by Gasteiger charge is 2.10. The van der Waals surface area contributed by atoms with Crippen molar-refractivity contribution in [3.05, 3.63) is 23.7 Å². The number of hydrogen-bond acceptors (Lipinski definition) is 4. The highest BCUT2D eigenvalue weighted by atomic mass is 16.3. The minimum Gasteiger partial charge on any atom is -0.465 e. The van der Waals surface area contributed by atoms with Crippen molar-refractivity contribution in [2.75, 3.05) is 26.7 Å².